The number of aromatic amines is 1. The fourth-order valence-corrected chi connectivity index (χ4v) is 3.82. The molecule has 2 aromatic heterocycles. The van der Waals surface area contributed by atoms with Crippen LogP contribution in [0.5, 0.6) is 11.6 Å². The predicted molar refractivity (Wildman–Crippen MR) is 111 cm³/mol. The lowest BCUT2D eigenvalue weighted by Crippen LogP contribution is -2.34. The Bertz CT molecular complexity index is 1200. The molecule has 1 fully saturated rings. The van der Waals surface area contributed by atoms with Gasteiger partial charge in [0.15, 0.2) is 0 Å². The Morgan fingerprint density at radius 2 is 2.12 bits per heavy atom. The highest BCUT2D eigenvalue weighted by atomic mass is 35.5. The Morgan fingerprint density at radius 1 is 1.34 bits per heavy atom. The van der Waals surface area contributed by atoms with Crippen LogP contribution in [-0.4, -0.2) is 32.5 Å². The first-order valence-electron chi connectivity index (χ1n) is 9.51. The van der Waals surface area contributed by atoms with Gasteiger partial charge in [0, 0.05) is 11.8 Å². The topological polar surface area (TPSA) is 74.2 Å². The fourth-order valence-electron chi connectivity index (χ4n) is 3.45. The van der Waals surface area contributed by atoms with E-state index in [-0.39, 0.29) is 23.6 Å². The zero-order chi connectivity index (χ0) is 23.1. The van der Waals surface area contributed by atoms with Crippen LogP contribution in [0.15, 0.2) is 36.8 Å². The number of alkyl halides is 3. The summed E-state index contributed by atoms with van der Waals surface area (Å²) in [7, 11) is 0. The highest BCUT2D eigenvalue weighted by Gasteiger charge is 2.43. The number of aromatic nitrogens is 4. The second kappa shape index (κ2) is 8.47. The zero-order valence-electron chi connectivity index (χ0n) is 16.9. The van der Waals surface area contributed by atoms with E-state index in [4.69, 9.17) is 38.0 Å². The number of benzene rings is 1. The molecule has 3 aromatic rings. The Balaban J connectivity index is 1.62. The second-order valence-electron chi connectivity index (χ2n) is 7.34. The lowest BCUT2D eigenvalue weighted by atomic mass is 9.99. The van der Waals surface area contributed by atoms with Gasteiger partial charge in [-0.2, -0.15) is 13.2 Å². The van der Waals surface area contributed by atoms with Crippen molar-refractivity contribution in [3.8, 4) is 11.6 Å². The van der Waals surface area contributed by atoms with Crippen LogP contribution < -0.4 is 4.74 Å². The van der Waals surface area contributed by atoms with Crippen molar-refractivity contribution in [2.24, 2.45) is 0 Å². The molecule has 0 aliphatic carbocycles. The van der Waals surface area contributed by atoms with E-state index in [9.17, 15) is 13.2 Å². The van der Waals surface area contributed by atoms with Crippen molar-refractivity contribution < 1.29 is 27.4 Å². The Hall–Kier alpha value is -2.47. The van der Waals surface area contributed by atoms with Crippen LogP contribution in [0.2, 0.25) is 5.02 Å². The molecule has 32 heavy (non-hydrogen) atoms. The van der Waals surface area contributed by atoms with Crippen LogP contribution in [0.25, 0.3) is 0 Å². The van der Waals surface area contributed by atoms with Gasteiger partial charge in [0.1, 0.15) is 23.6 Å². The van der Waals surface area contributed by atoms with Gasteiger partial charge in [0.05, 0.1) is 18.3 Å². The average molecular weight is 487 g/mol. The number of nitrogens with zero attached hydrogens (tertiary/aromatic N) is 3. The minimum atomic E-state index is -4.54. The van der Waals surface area contributed by atoms with Gasteiger partial charge in [-0.3, -0.25) is 9.78 Å². The minimum Gasteiger partial charge on any atom is -0.438 e. The maximum absolute atomic E-state index is 12.8. The van der Waals surface area contributed by atoms with E-state index in [0.717, 1.165) is 17.2 Å². The molecule has 0 saturated carbocycles. The summed E-state index contributed by atoms with van der Waals surface area (Å²) in [5, 5.41) is 2.69. The van der Waals surface area contributed by atoms with Crippen LogP contribution in [0.4, 0.5) is 13.2 Å². The maximum Gasteiger partial charge on any atom is 0.417 e. The lowest BCUT2D eigenvalue weighted by Gasteiger charge is -2.30. The van der Waals surface area contributed by atoms with Gasteiger partial charge in [-0.1, -0.05) is 11.6 Å². The van der Waals surface area contributed by atoms with Gasteiger partial charge < -0.3 is 14.2 Å². The molecule has 2 atom stereocenters. The molecule has 1 saturated heterocycles. The van der Waals surface area contributed by atoms with E-state index in [2.05, 4.69) is 15.1 Å². The van der Waals surface area contributed by atoms with E-state index in [0.29, 0.717) is 23.3 Å². The first-order chi connectivity index (χ1) is 15.1. The van der Waals surface area contributed by atoms with Gasteiger partial charge >= 0.3 is 6.18 Å². The van der Waals surface area contributed by atoms with Crippen molar-refractivity contribution in [1.82, 2.24) is 19.7 Å². The largest absolute Gasteiger partial charge is 0.438 e. The number of aryl methyl sites for hydroxylation is 1. The minimum absolute atomic E-state index is 0.132. The van der Waals surface area contributed by atoms with Crippen LogP contribution in [-0.2, 0) is 28.0 Å². The number of ether oxygens (including phenoxy) is 3. The van der Waals surface area contributed by atoms with Crippen LogP contribution in [0, 0.1) is 11.7 Å². The third-order valence-electron chi connectivity index (χ3n) is 4.89. The first kappa shape index (κ1) is 22.7. The van der Waals surface area contributed by atoms with Gasteiger partial charge in [0.25, 0.3) is 0 Å². The van der Waals surface area contributed by atoms with Crippen molar-refractivity contribution in [1.29, 1.82) is 0 Å². The summed E-state index contributed by atoms with van der Waals surface area (Å²) in [6.07, 6.45) is -2.53. The standard InChI is InChI=1S/C20H18ClF3N4O3S/c1-11-5-14(30-17-16(21)6-13(7-25-17)20(22,23)24)3-4-15(11)19(29-8-12(2)31-19)9-28-18(32)26-10-27-28/h3-7,10,12H,8-9H2,1-2H3,(H,26,27,32). The van der Waals surface area contributed by atoms with E-state index in [1.807, 2.05) is 13.8 Å². The number of halogens is 4. The maximum atomic E-state index is 12.8. The summed E-state index contributed by atoms with van der Waals surface area (Å²) >= 11 is 11.2. The summed E-state index contributed by atoms with van der Waals surface area (Å²) in [5.74, 6) is -0.885. The zero-order valence-corrected chi connectivity index (χ0v) is 18.5. The van der Waals surface area contributed by atoms with Crippen molar-refractivity contribution in [2.45, 2.75) is 38.5 Å². The van der Waals surface area contributed by atoms with Crippen LogP contribution in [0.1, 0.15) is 23.6 Å². The number of nitrogens with one attached hydrogen (secondary N) is 1. The quantitative estimate of drug-likeness (QED) is 0.487. The molecule has 3 heterocycles. The molecule has 1 aromatic carbocycles. The molecule has 12 heteroatoms. The molecule has 1 N–H and O–H groups in total. The molecule has 0 spiro atoms. The normalized spacial score (nSPS) is 21.1. The van der Waals surface area contributed by atoms with Crippen molar-refractivity contribution in [3.63, 3.8) is 0 Å². The number of hydrogen-bond acceptors (Lipinski definition) is 6. The van der Waals surface area contributed by atoms with E-state index in [1.54, 1.807) is 22.9 Å². The molecule has 1 aliphatic rings. The molecule has 1 aliphatic heterocycles. The smallest absolute Gasteiger partial charge is 0.417 e. The summed E-state index contributed by atoms with van der Waals surface area (Å²) in [5.41, 5.74) is 0.563. The Kier molecular flexibility index (Phi) is 6.01. The molecule has 170 valence electrons. The SMILES string of the molecule is Cc1cc(Oc2ncc(C(F)(F)F)cc2Cl)ccc1C1(Cn2[nH]cnc2=S)OCC(C)O1. The van der Waals surface area contributed by atoms with E-state index < -0.39 is 17.5 Å². The Morgan fingerprint density at radius 3 is 2.69 bits per heavy atom. The number of pyridine rings is 1. The molecule has 7 nitrogen and oxygen atoms in total. The molecular weight excluding hydrogens is 469 g/mol. The van der Waals surface area contributed by atoms with Gasteiger partial charge in [-0.15, -0.1) is 0 Å². The molecule has 0 radical (unpaired) electrons. The number of rotatable bonds is 5. The molecule has 0 amide bonds. The Labute approximate surface area is 191 Å². The third kappa shape index (κ3) is 4.51. The number of H-pyrrole nitrogens is 1. The molecular formula is C20H18ClF3N4O3S. The van der Waals surface area contributed by atoms with Crippen molar-refractivity contribution >= 4 is 23.8 Å². The monoisotopic (exact) mass is 486 g/mol. The van der Waals surface area contributed by atoms with Crippen LogP contribution in [0.3, 0.4) is 0 Å². The fraction of sp³-hybridized carbons (Fsp3) is 0.350. The second-order valence-corrected chi connectivity index (χ2v) is 8.11. The van der Waals surface area contributed by atoms with Crippen molar-refractivity contribution in [3.05, 3.63) is 63.3 Å². The van der Waals surface area contributed by atoms with Crippen LogP contribution >= 0.6 is 23.8 Å². The highest BCUT2D eigenvalue weighted by molar-refractivity contribution is 7.71. The summed E-state index contributed by atoms with van der Waals surface area (Å²) in [6.45, 7) is 4.39. The van der Waals surface area contributed by atoms with Crippen molar-refractivity contribution in [2.75, 3.05) is 6.61 Å². The summed E-state index contributed by atoms with van der Waals surface area (Å²) in [4.78, 5) is 7.72. The van der Waals surface area contributed by atoms with E-state index >= 15 is 0 Å². The van der Waals surface area contributed by atoms with Gasteiger partial charge in [-0.05, 0) is 55.9 Å². The molecule has 0 bridgehead atoms. The third-order valence-corrected chi connectivity index (χ3v) is 5.48. The number of hydrogen-bond donors (Lipinski definition) is 1. The van der Waals surface area contributed by atoms with Gasteiger partial charge in [0.2, 0.25) is 16.4 Å². The summed E-state index contributed by atoms with van der Waals surface area (Å²) < 4.78 is 58.3. The molecule has 2 unspecified atom stereocenters. The molecule has 4 rings (SSSR count). The van der Waals surface area contributed by atoms with E-state index in [1.165, 1.54) is 6.33 Å². The lowest BCUT2D eigenvalue weighted by molar-refractivity contribution is -0.187. The predicted octanol–water partition coefficient (Wildman–Crippen LogP) is 5.40. The van der Waals surface area contributed by atoms with Gasteiger partial charge in [-0.25, -0.2) is 9.97 Å². The highest BCUT2D eigenvalue weighted by Crippen LogP contribution is 2.40. The summed E-state index contributed by atoms with van der Waals surface area (Å²) in [6, 6.07) is 5.88. The average Bonchev–Trinajstić information content (AvgIpc) is 3.29. The first-order valence-corrected chi connectivity index (χ1v) is 10.3.